The third-order valence-corrected chi connectivity index (χ3v) is 5.56. The summed E-state index contributed by atoms with van der Waals surface area (Å²) in [6.07, 6.45) is 1.63. The van der Waals surface area contributed by atoms with Gasteiger partial charge in [-0.2, -0.15) is 4.98 Å². The van der Waals surface area contributed by atoms with Gasteiger partial charge in [-0.25, -0.2) is 0 Å². The number of hydrogen-bond acceptors (Lipinski definition) is 7. The Bertz CT molecular complexity index is 1080. The first-order chi connectivity index (χ1) is 14.3. The number of thioether (sulfide) groups is 1. The zero-order valence-electron chi connectivity index (χ0n) is 16.3. The molecule has 0 bridgehead atoms. The summed E-state index contributed by atoms with van der Waals surface area (Å²) in [5.41, 5.74) is 1.89. The van der Waals surface area contributed by atoms with Crippen LogP contribution < -0.4 is 4.74 Å². The molecule has 0 aliphatic carbocycles. The second-order valence-electron chi connectivity index (χ2n) is 6.40. The summed E-state index contributed by atoms with van der Waals surface area (Å²) in [5, 5.41) is 13.6. The van der Waals surface area contributed by atoms with E-state index in [9.17, 15) is 0 Å². The summed E-state index contributed by atoms with van der Waals surface area (Å²) in [7, 11) is 3.62. The van der Waals surface area contributed by atoms with E-state index >= 15 is 0 Å². The van der Waals surface area contributed by atoms with Crippen molar-refractivity contribution < 1.29 is 9.26 Å². The molecule has 0 aliphatic heterocycles. The van der Waals surface area contributed by atoms with E-state index in [-0.39, 0.29) is 0 Å². The molecular formula is C21H21N5O2S. The second-order valence-corrected chi connectivity index (χ2v) is 7.46. The Morgan fingerprint density at radius 1 is 1.03 bits per heavy atom. The molecule has 0 spiro atoms. The van der Waals surface area contributed by atoms with E-state index in [0.717, 1.165) is 46.5 Å². The van der Waals surface area contributed by atoms with Gasteiger partial charge in [-0.05, 0) is 18.6 Å². The molecule has 0 N–H and O–H groups in total. The number of ether oxygens (including phenoxy) is 1. The molecule has 4 rings (SSSR count). The van der Waals surface area contributed by atoms with Crippen LogP contribution in [0.1, 0.15) is 12.3 Å². The Morgan fingerprint density at radius 3 is 2.66 bits per heavy atom. The highest BCUT2D eigenvalue weighted by Gasteiger charge is 2.15. The summed E-state index contributed by atoms with van der Waals surface area (Å²) >= 11 is 1.66. The summed E-state index contributed by atoms with van der Waals surface area (Å²) in [4.78, 5) is 4.47. The highest BCUT2D eigenvalue weighted by Crippen LogP contribution is 2.30. The fraction of sp³-hybridized carbons (Fsp3) is 0.238. The van der Waals surface area contributed by atoms with Crippen LogP contribution >= 0.6 is 11.8 Å². The van der Waals surface area contributed by atoms with Gasteiger partial charge in [-0.3, -0.25) is 0 Å². The molecule has 0 radical (unpaired) electrons. The van der Waals surface area contributed by atoms with Crippen molar-refractivity contribution in [2.24, 2.45) is 7.05 Å². The third-order valence-electron chi connectivity index (χ3n) is 4.45. The van der Waals surface area contributed by atoms with Crippen LogP contribution in [0.5, 0.6) is 5.75 Å². The predicted octanol–water partition coefficient (Wildman–Crippen LogP) is 4.27. The highest BCUT2D eigenvalue weighted by molar-refractivity contribution is 7.99. The molecule has 0 atom stereocenters. The monoisotopic (exact) mass is 407 g/mol. The molecule has 4 aromatic rings. The van der Waals surface area contributed by atoms with Crippen molar-refractivity contribution in [1.82, 2.24) is 24.9 Å². The Balaban J connectivity index is 1.34. The number of aryl methyl sites for hydroxylation is 1. The van der Waals surface area contributed by atoms with Crippen LogP contribution in [0.4, 0.5) is 0 Å². The summed E-state index contributed by atoms with van der Waals surface area (Å²) in [6, 6.07) is 17.6. The quantitative estimate of drug-likeness (QED) is 0.319. The van der Waals surface area contributed by atoms with Crippen molar-refractivity contribution in [2.45, 2.75) is 18.0 Å². The van der Waals surface area contributed by atoms with Gasteiger partial charge in [0.2, 0.25) is 11.7 Å². The maximum Gasteiger partial charge on any atom is 0.226 e. The average molecular weight is 407 g/mol. The van der Waals surface area contributed by atoms with E-state index < -0.39 is 0 Å². The molecule has 0 unspecified atom stereocenters. The average Bonchev–Trinajstić information content (AvgIpc) is 3.39. The number of hydrogen-bond donors (Lipinski definition) is 0. The molecule has 8 heteroatoms. The number of methoxy groups -OCH3 is 1. The van der Waals surface area contributed by atoms with Crippen molar-refractivity contribution in [3.05, 3.63) is 60.5 Å². The molecule has 0 aliphatic rings. The first kappa shape index (κ1) is 19.2. The Labute approximate surface area is 173 Å². The summed E-state index contributed by atoms with van der Waals surface area (Å²) in [6.45, 7) is 0. The normalized spacial score (nSPS) is 11.0. The molecule has 29 heavy (non-hydrogen) atoms. The van der Waals surface area contributed by atoms with Gasteiger partial charge >= 0.3 is 0 Å². The highest BCUT2D eigenvalue weighted by atomic mass is 32.2. The number of nitrogens with zero attached hydrogens (tertiary/aromatic N) is 5. The topological polar surface area (TPSA) is 78.9 Å². The largest absolute Gasteiger partial charge is 0.496 e. The minimum Gasteiger partial charge on any atom is -0.496 e. The van der Waals surface area contributed by atoms with Gasteiger partial charge in [0.15, 0.2) is 11.0 Å². The molecule has 0 saturated carbocycles. The summed E-state index contributed by atoms with van der Waals surface area (Å²) in [5.74, 6) is 3.72. The number of rotatable bonds is 8. The smallest absolute Gasteiger partial charge is 0.226 e. The lowest BCUT2D eigenvalue weighted by molar-refractivity contribution is 0.378. The third kappa shape index (κ3) is 4.32. The Morgan fingerprint density at radius 2 is 1.83 bits per heavy atom. The fourth-order valence-corrected chi connectivity index (χ4v) is 3.80. The lowest BCUT2D eigenvalue weighted by Gasteiger charge is -2.08. The Kier molecular flexibility index (Phi) is 5.90. The molecule has 2 aromatic heterocycles. The first-order valence-electron chi connectivity index (χ1n) is 9.30. The van der Waals surface area contributed by atoms with E-state index in [0.29, 0.717) is 11.7 Å². The van der Waals surface area contributed by atoms with E-state index in [1.165, 1.54) is 0 Å². The zero-order valence-corrected chi connectivity index (χ0v) is 17.1. The van der Waals surface area contributed by atoms with Gasteiger partial charge in [0, 0.05) is 24.8 Å². The zero-order chi connectivity index (χ0) is 20.1. The maximum atomic E-state index is 5.43. The van der Waals surface area contributed by atoms with Crippen molar-refractivity contribution in [1.29, 1.82) is 0 Å². The fourth-order valence-electron chi connectivity index (χ4n) is 2.95. The standard InChI is InChI=1S/C21H21N5O2S/c1-26-20(16-11-6-7-12-17(16)27-2)23-24-21(26)29-14-8-13-18-22-19(25-28-18)15-9-4-3-5-10-15/h3-7,9-12H,8,13-14H2,1-2H3. The van der Waals surface area contributed by atoms with Crippen LogP contribution in [-0.4, -0.2) is 37.8 Å². The van der Waals surface area contributed by atoms with Crippen LogP contribution in [-0.2, 0) is 13.5 Å². The van der Waals surface area contributed by atoms with Crippen LogP contribution in [0, 0.1) is 0 Å². The van der Waals surface area contributed by atoms with Crippen molar-refractivity contribution in [3.8, 4) is 28.5 Å². The van der Waals surface area contributed by atoms with E-state index in [1.54, 1.807) is 18.9 Å². The van der Waals surface area contributed by atoms with Gasteiger partial charge in [0.05, 0.1) is 12.7 Å². The number of benzene rings is 2. The molecule has 2 aromatic carbocycles. The maximum absolute atomic E-state index is 5.43. The van der Waals surface area contributed by atoms with Gasteiger partial charge in [-0.15, -0.1) is 10.2 Å². The van der Waals surface area contributed by atoms with Crippen molar-refractivity contribution in [3.63, 3.8) is 0 Å². The van der Waals surface area contributed by atoms with Crippen LogP contribution in [0.25, 0.3) is 22.8 Å². The Hall–Kier alpha value is -3.13. The van der Waals surface area contributed by atoms with Crippen LogP contribution in [0.15, 0.2) is 64.3 Å². The molecule has 2 heterocycles. The molecular weight excluding hydrogens is 386 g/mol. The first-order valence-corrected chi connectivity index (χ1v) is 10.3. The number of aromatic nitrogens is 5. The second kappa shape index (κ2) is 8.91. The minimum atomic E-state index is 0.628. The van der Waals surface area contributed by atoms with E-state index in [4.69, 9.17) is 9.26 Å². The van der Waals surface area contributed by atoms with Gasteiger partial charge in [0.1, 0.15) is 5.75 Å². The molecule has 0 saturated heterocycles. The van der Waals surface area contributed by atoms with Gasteiger partial charge in [0.25, 0.3) is 0 Å². The SMILES string of the molecule is COc1ccccc1-c1nnc(SCCCc2nc(-c3ccccc3)no2)n1C. The van der Waals surface area contributed by atoms with Crippen LogP contribution in [0.3, 0.4) is 0 Å². The summed E-state index contributed by atoms with van der Waals surface area (Å²) < 4.78 is 12.8. The molecule has 148 valence electrons. The van der Waals surface area contributed by atoms with E-state index in [1.807, 2.05) is 66.2 Å². The van der Waals surface area contributed by atoms with Crippen LogP contribution in [0.2, 0.25) is 0 Å². The lowest BCUT2D eigenvalue weighted by Crippen LogP contribution is -1.97. The molecule has 7 nitrogen and oxygen atoms in total. The number of para-hydroxylation sites is 1. The van der Waals surface area contributed by atoms with Gasteiger partial charge < -0.3 is 13.8 Å². The predicted molar refractivity (Wildman–Crippen MR) is 112 cm³/mol. The molecule has 0 amide bonds. The lowest BCUT2D eigenvalue weighted by atomic mass is 10.2. The molecule has 0 fully saturated rings. The van der Waals surface area contributed by atoms with Gasteiger partial charge in [-0.1, -0.05) is 59.4 Å². The van der Waals surface area contributed by atoms with E-state index in [2.05, 4.69) is 20.3 Å². The van der Waals surface area contributed by atoms with Crippen molar-refractivity contribution in [2.75, 3.05) is 12.9 Å². The minimum absolute atomic E-state index is 0.628. The van der Waals surface area contributed by atoms with Crippen molar-refractivity contribution >= 4 is 11.8 Å².